The van der Waals surface area contributed by atoms with Crippen molar-refractivity contribution in [3.8, 4) is 5.75 Å². The number of aryl methyl sites for hydroxylation is 1. The Morgan fingerprint density at radius 2 is 2.00 bits per heavy atom. The molecule has 1 amide bonds. The molecule has 2 unspecified atom stereocenters. The van der Waals surface area contributed by atoms with Crippen LogP contribution in [0.25, 0.3) is 0 Å². The average molecular weight is 336 g/mol. The summed E-state index contributed by atoms with van der Waals surface area (Å²) < 4.78 is 5.43. The lowest BCUT2D eigenvalue weighted by molar-refractivity contribution is 0.0961. The van der Waals surface area contributed by atoms with E-state index in [1.165, 1.54) is 11.1 Å². The van der Waals surface area contributed by atoms with E-state index < -0.39 is 0 Å². The molecule has 1 fully saturated rings. The van der Waals surface area contributed by atoms with Crippen molar-refractivity contribution in [1.82, 2.24) is 4.90 Å². The molecule has 2 heterocycles. The van der Waals surface area contributed by atoms with E-state index in [0.29, 0.717) is 17.2 Å². The minimum atomic E-state index is 0.0413. The molecule has 0 N–H and O–H groups in total. The second-order valence-corrected chi connectivity index (χ2v) is 7.16. The third-order valence-electron chi connectivity index (χ3n) is 5.51. The molecule has 0 aromatic heterocycles. The van der Waals surface area contributed by atoms with E-state index >= 15 is 0 Å². The van der Waals surface area contributed by atoms with Gasteiger partial charge in [-0.15, -0.1) is 0 Å². The zero-order valence-electron chi connectivity index (χ0n) is 15.0. The maximum absolute atomic E-state index is 13.4. The van der Waals surface area contributed by atoms with Crippen molar-refractivity contribution in [2.75, 3.05) is 32.1 Å². The van der Waals surface area contributed by atoms with Crippen molar-refractivity contribution < 1.29 is 9.53 Å². The van der Waals surface area contributed by atoms with E-state index in [0.717, 1.165) is 25.2 Å². The van der Waals surface area contributed by atoms with Crippen LogP contribution in [0.5, 0.6) is 5.75 Å². The summed E-state index contributed by atoms with van der Waals surface area (Å²) in [5, 5.41) is 0. The normalized spacial score (nSPS) is 22.4. The fourth-order valence-electron chi connectivity index (χ4n) is 4.30. The Balaban J connectivity index is 1.80. The number of hydrogen-bond acceptors (Lipinski definition) is 3. The molecule has 0 aliphatic carbocycles. The molecule has 0 bridgehead atoms. The molecule has 4 rings (SSSR count). The smallest absolute Gasteiger partial charge is 0.262 e. The highest BCUT2D eigenvalue weighted by molar-refractivity contribution is 6.09. The number of carbonyl (C=O) groups excluding carboxylic acids is 1. The van der Waals surface area contributed by atoms with Crippen molar-refractivity contribution >= 4 is 11.6 Å². The Hall–Kier alpha value is -2.33. The topological polar surface area (TPSA) is 32.8 Å². The predicted octanol–water partition coefficient (Wildman–Crippen LogP) is 3.45. The number of piperidine rings is 1. The van der Waals surface area contributed by atoms with Crippen LogP contribution in [0.4, 0.5) is 5.69 Å². The van der Waals surface area contributed by atoms with Crippen molar-refractivity contribution in [2.24, 2.45) is 0 Å². The number of ether oxygens (including phenoxy) is 1. The summed E-state index contributed by atoms with van der Waals surface area (Å²) in [6.07, 6.45) is 0.996. The Kier molecular flexibility index (Phi) is 4.00. The standard InChI is InChI=1S/C21H24N2O2/c1-14-8-9-18-16(12-14)17-13-22(2)11-10-19(17)23(18)21(24)15-6-4-5-7-20(15)25-3/h4-9,12,17,19H,10-11,13H2,1-3H3. The molecule has 130 valence electrons. The van der Waals surface area contributed by atoms with Gasteiger partial charge in [0.05, 0.1) is 12.7 Å². The van der Waals surface area contributed by atoms with E-state index in [1.54, 1.807) is 7.11 Å². The van der Waals surface area contributed by atoms with E-state index in [2.05, 4.69) is 37.1 Å². The minimum absolute atomic E-state index is 0.0413. The van der Waals surface area contributed by atoms with Gasteiger partial charge in [0, 0.05) is 24.2 Å². The maximum Gasteiger partial charge on any atom is 0.262 e. The van der Waals surface area contributed by atoms with Crippen LogP contribution in [0.2, 0.25) is 0 Å². The summed E-state index contributed by atoms with van der Waals surface area (Å²) in [6.45, 7) is 4.13. The molecule has 25 heavy (non-hydrogen) atoms. The molecular formula is C21H24N2O2. The van der Waals surface area contributed by atoms with E-state index in [1.807, 2.05) is 29.2 Å². The largest absolute Gasteiger partial charge is 0.496 e. The van der Waals surface area contributed by atoms with Gasteiger partial charge >= 0.3 is 0 Å². The van der Waals surface area contributed by atoms with Crippen LogP contribution in [-0.2, 0) is 0 Å². The highest BCUT2D eigenvalue weighted by Crippen LogP contribution is 2.45. The number of para-hydroxylation sites is 1. The zero-order valence-corrected chi connectivity index (χ0v) is 15.0. The first-order valence-electron chi connectivity index (χ1n) is 8.86. The molecule has 0 spiro atoms. The first kappa shape index (κ1) is 16.2. The molecule has 2 aliphatic heterocycles. The van der Waals surface area contributed by atoms with Crippen LogP contribution < -0.4 is 9.64 Å². The van der Waals surface area contributed by atoms with Gasteiger partial charge in [-0.25, -0.2) is 0 Å². The van der Waals surface area contributed by atoms with E-state index in [-0.39, 0.29) is 11.9 Å². The van der Waals surface area contributed by atoms with E-state index in [4.69, 9.17) is 4.74 Å². The fourth-order valence-corrected chi connectivity index (χ4v) is 4.30. The van der Waals surface area contributed by atoms with Gasteiger partial charge < -0.3 is 14.5 Å². The number of fused-ring (bicyclic) bond motifs is 3. The first-order chi connectivity index (χ1) is 12.1. The lowest BCUT2D eigenvalue weighted by Gasteiger charge is -2.36. The van der Waals surface area contributed by atoms with Crippen molar-refractivity contribution in [3.05, 3.63) is 59.2 Å². The minimum Gasteiger partial charge on any atom is -0.496 e. The average Bonchev–Trinajstić information content (AvgIpc) is 2.94. The number of anilines is 1. The number of benzene rings is 2. The quantitative estimate of drug-likeness (QED) is 0.842. The molecular weight excluding hydrogens is 312 g/mol. The SMILES string of the molecule is COc1ccccc1C(=O)N1c2ccc(C)cc2C2CN(C)CCC21. The Morgan fingerprint density at radius 1 is 1.20 bits per heavy atom. The molecule has 1 saturated heterocycles. The molecule has 2 atom stereocenters. The summed E-state index contributed by atoms with van der Waals surface area (Å²) in [5.41, 5.74) is 4.25. The molecule has 0 saturated carbocycles. The number of likely N-dealkylation sites (N-methyl/N-ethyl adjacent to an activating group) is 1. The van der Waals surface area contributed by atoms with Crippen LogP contribution in [0.15, 0.2) is 42.5 Å². The van der Waals surface area contributed by atoms with E-state index in [9.17, 15) is 4.79 Å². The van der Waals surface area contributed by atoms with Gasteiger partial charge in [0.2, 0.25) is 0 Å². The monoisotopic (exact) mass is 336 g/mol. The fraction of sp³-hybridized carbons (Fsp3) is 0.381. The maximum atomic E-state index is 13.4. The van der Waals surface area contributed by atoms with Crippen LogP contribution >= 0.6 is 0 Å². The number of methoxy groups -OCH3 is 1. The number of carbonyl (C=O) groups is 1. The van der Waals surface area contributed by atoms with Crippen molar-refractivity contribution in [2.45, 2.75) is 25.3 Å². The molecule has 2 aliphatic rings. The highest BCUT2D eigenvalue weighted by atomic mass is 16.5. The third kappa shape index (κ3) is 2.61. The number of rotatable bonds is 2. The van der Waals surface area contributed by atoms with Gasteiger partial charge in [0.25, 0.3) is 5.91 Å². The molecule has 2 aromatic carbocycles. The number of amides is 1. The second kappa shape index (κ2) is 6.19. The number of likely N-dealkylation sites (tertiary alicyclic amines) is 1. The van der Waals surface area contributed by atoms with Crippen LogP contribution in [-0.4, -0.2) is 44.1 Å². The molecule has 4 nitrogen and oxygen atoms in total. The van der Waals surface area contributed by atoms with Crippen molar-refractivity contribution in [3.63, 3.8) is 0 Å². The second-order valence-electron chi connectivity index (χ2n) is 7.16. The van der Waals surface area contributed by atoms with Crippen LogP contribution in [0.3, 0.4) is 0 Å². The summed E-state index contributed by atoms with van der Waals surface area (Å²) in [7, 11) is 3.78. The molecule has 0 radical (unpaired) electrons. The number of hydrogen-bond donors (Lipinski definition) is 0. The van der Waals surface area contributed by atoms with Gasteiger partial charge in [-0.05, 0) is 50.7 Å². The van der Waals surface area contributed by atoms with Gasteiger partial charge in [0.1, 0.15) is 5.75 Å². The summed E-state index contributed by atoms with van der Waals surface area (Å²) in [6, 6.07) is 14.2. The Morgan fingerprint density at radius 3 is 2.80 bits per heavy atom. The Bertz CT molecular complexity index is 817. The number of nitrogens with zero attached hydrogens (tertiary/aromatic N) is 2. The van der Waals surface area contributed by atoms with Crippen LogP contribution in [0, 0.1) is 6.92 Å². The van der Waals surface area contributed by atoms with Gasteiger partial charge in [-0.3, -0.25) is 4.79 Å². The van der Waals surface area contributed by atoms with Gasteiger partial charge in [0.15, 0.2) is 0 Å². The van der Waals surface area contributed by atoms with Gasteiger partial charge in [-0.2, -0.15) is 0 Å². The lowest BCUT2D eigenvalue weighted by Crippen LogP contribution is -2.47. The summed E-state index contributed by atoms with van der Waals surface area (Å²) >= 11 is 0. The summed E-state index contributed by atoms with van der Waals surface area (Å²) in [4.78, 5) is 17.8. The molecule has 4 heteroatoms. The predicted molar refractivity (Wildman–Crippen MR) is 99.6 cm³/mol. The third-order valence-corrected chi connectivity index (χ3v) is 5.51. The first-order valence-corrected chi connectivity index (χ1v) is 8.86. The zero-order chi connectivity index (χ0) is 17.6. The molecule has 2 aromatic rings. The lowest BCUT2D eigenvalue weighted by atomic mass is 9.88. The Labute approximate surface area is 149 Å². The highest BCUT2D eigenvalue weighted by Gasteiger charge is 2.44. The van der Waals surface area contributed by atoms with Crippen LogP contribution in [0.1, 0.15) is 33.8 Å². The van der Waals surface area contributed by atoms with Crippen molar-refractivity contribution in [1.29, 1.82) is 0 Å². The summed E-state index contributed by atoms with van der Waals surface area (Å²) in [5.74, 6) is 1.06. The van der Waals surface area contributed by atoms with Gasteiger partial charge in [-0.1, -0.05) is 29.8 Å².